The van der Waals surface area contributed by atoms with Gasteiger partial charge < -0.3 is 14.8 Å². The Hall–Kier alpha value is -1.06. The third-order valence-electron chi connectivity index (χ3n) is 5.33. The van der Waals surface area contributed by atoms with E-state index in [0.717, 1.165) is 25.4 Å². The number of rotatable bonds is 0. The number of benzene rings is 1. The van der Waals surface area contributed by atoms with Crippen LogP contribution in [0.1, 0.15) is 37.5 Å². The number of fused-ring (bicyclic) bond motifs is 3. The lowest BCUT2D eigenvalue weighted by Crippen LogP contribution is -2.62. The fourth-order valence-electron chi connectivity index (χ4n) is 3.98. The minimum atomic E-state index is -0.158. The smallest absolute Gasteiger partial charge is 0.126 e. The van der Waals surface area contributed by atoms with Crippen molar-refractivity contribution in [2.24, 2.45) is 11.3 Å². The molecule has 0 radical (unpaired) electrons. The molecule has 4 rings (SSSR count). The van der Waals surface area contributed by atoms with E-state index in [1.165, 1.54) is 17.5 Å². The van der Waals surface area contributed by atoms with Crippen molar-refractivity contribution in [3.05, 3.63) is 29.3 Å². The zero-order valence-corrected chi connectivity index (χ0v) is 12.5. The van der Waals surface area contributed by atoms with Gasteiger partial charge in [0.05, 0.1) is 12.7 Å². The van der Waals surface area contributed by atoms with Gasteiger partial charge >= 0.3 is 0 Å². The van der Waals surface area contributed by atoms with Crippen LogP contribution in [0.4, 0.5) is 0 Å². The lowest BCUT2D eigenvalue weighted by atomic mass is 9.65. The van der Waals surface area contributed by atoms with Gasteiger partial charge in [-0.25, -0.2) is 0 Å². The molecular formula is C17H23NO2. The van der Waals surface area contributed by atoms with Crippen molar-refractivity contribution >= 4 is 0 Å². The van der Waals surface area contributed by atoms with E-state index in [1.807, 2.05) is 0 Å². The first-order valence-corrected chi connectivity index (χ1v) is 7.61. The second kappa shape index (κ2) is 3.99. The van der Waals surface area contributed by atoms with Crippen molar-refractivity contribution in [3.63, 3.8) is 0 Å². The molecular weight excluding hydrogens is 250 g/mol. The van der Waals surface area contributed by atoms with Gasteiger partial charge in [0.15, 0.2) is 0 Å². The Morgan fingerprint density at radius 1 is 1.25 bits per heavy atom. The van der Waals surface area contributed by atoms with Gasteiger partial charge in [0, 0.05) is 30.0 Å². The average Bonchev–Trinajstić information content (AvgIpc) is 2.35. The molecule has 0 saturated carbocycles. The molecule has 3 aliphatic heterocycles. The summed E-state index contributed by atoms with van der Waals surface area (Å²) >= 11 is 0. The van der Waals surface area contributed by atoms with Gasteiger partial charge in [0.1, 0.15) is 11.4 Å². The van der Waals surface area contributed by atoms with Gasteiger partial charge in [0.25, 0.3) is 0 Å². The van der Waals surface area contributed by atoms with E-state index < -0.39 is 0 Å². The van der Waals surface area contributed by atoms with E-state index in [2.05, 4.69) is 44.3 Å². The maximum Gasteiger partial charge on any atom is 0.126 e. The van der Waals surface area contributed by atoms with Gasteiger partial charge in [-0.15, -0.1) is 0 Å². The molecule has 1 aromatic rings. The van der Waals surface area contributed by atoms with E-state index in [4.69, 9.17) is 9.47 Å². The van der Waals surface area contributed by atoms with E-state index >= 15 is 0 Å². The van der Waals surface area contributed by atoms with Gasteiger partial charge in [0.2, 0.25) is 0 Å². The monoisotopic (exact) mass is 273 g/mol. The first-order chi connectivity index (χ1) is 9.49. The summed E-state index contributed by atoms with van der Waals surface area (Å²) in [5.74, 6) is 1.45. The number of hydrogen-bond donors (Lipinski definition) is 1. The van der Waals surface area contributed by atoms with Crippen LogP contribution in [0.2, 0.25) is 0 Å². The SMILES string of the molecule is Cc1ccc2c(c1)OC(C)(C)[C@H]1CC3(CNC3)CO[C@H]21. The van der Waals surface area contributed by atoms with Crippen molar-refractivity contribution in [2.75, 3.05) is 19.7 Å². The molecule has 2 saturated heterocycles. The molecule has 0 unspecified atom stereocenters. The molecule has 1 spiro atoms. The van der Waals surface area contributed by atoms with Crippen LogP contribution in [0.3, 0.4) is 0 Å². The lowest BCUT2D eigenvalue weighted by molar-refractivity contribution is -0.174. The zero-order valence-electron chi connectivity index (χ0n) is 12.5. The number of ether oxygens (including phenoxy) is 2. The minimum Gasteiger partial charge on any atom is -0.487 e. The summed E-state index contributed by atoms with van der Waals surface area (Å²) < 4.78 is 12.7. The third kappa shape index (κ3) is 1.73. The lowest BCUT2D eigenvalue weighted by Gasteiger charge is -2.55. The average molecular weight is 273 g/mol. The van der Waals surface area contributed by atoms with Crippen LogP contribution in [0, 0.1) is 18.3 Å². The molecule has 2 fully saturated rings. The minimum absolute atomic E-state index is 0.158. The van der Waals surface area contributed by atoms with Crippen molar-refractivity contribution in [2.45, 2.75) is 38.9 Å². The molecule has 0 aromatic heterocycles. The Labute approximate surface area is 120 Å². The molecule has 0 bridgehead atoms. The molecule has 108 valence electrons. The molecule has 0 aliphatic carbocycles. The normalized spacial score (nSPS) is 32.8. The molecule has 1 N–H and O–H groups in total. The Balaban J connectivity index is 1.74. The molecule has 3 heterocycles. The maximum atomic E-state index is 6.33. The largest absolute Gasteiger partial charge is 0.487 e. The highest BCUT2D eigenvalue weighted by atomic mass is 16.5. The van der Waals surface area contributed by atoms with Crippen molar-refractivity contribution in [1.82, 2.24) is 5.32 Å². The van der Waals surface area contributed by atoms with Gasteiger partial charge in [-0.3, -0.25) is 0 Å². The topological polar surface area (TPSA) is 30.5 Å². The molecule has 0 amide bonds. The Morgan fingerprint density at radius 2 is 2.05 bits per heavy atom. The first-order valence-electron chi connectivity index (χ1n) is 7.61. The van der Waals surface area contributed by atoms with Gasteiger partial charge in [-0.05, 0) is 38.8 Å². The second-order valence-corrected chi connectivity index (χ2v) is 7.39. The summed E-state index contributed by atoms with van der Waals surface area (Å²) in [6.45, 7) is 9.60. The number of nitrogens with one attached hydrogen (secondary N) is 1. The predicted octanol–water partition coefficient (Wildman–Crippen LogP) is 2.83. The summed E-state index contributed by atoms with van der Waals surface area (Å²) in [5.41, 5.74) is 2.67. The molecule has 3 nitrogen and oxygen atoms in total. The van der Waals surface area contributed by atoms with Crippen molar-refractivity contribution in [3.8, 4) is 5.75 Å². The van der Waals surface area contributed by atoms with Crippen LogP contribution in [0.5, 0.6) is 5.75 Å². The number of aryl methyl sites for hydroxylation is 1. The maximum absolute atomic E-state index is 6.33. The third-order valence-corrected chi connectivity index (χ3v) is 5.33. The summed E-state index contributed by atoms with van der Waals surface area (Å²) in [6, 6.07) is 6.50. The fraction of sp³-hybridized carbons (Fsp3) is 0.647. The Kier molecular flexibility index (Phi) is 2.52. The highest BCUT2D eigenvalue weighted by Gasteiger charge is 2.53. The van der Waals surface area contributed by atoms with Crippen LogP contribution < -0.4 is 10.1 Å². The van der Waals surface area contributed by atoms with Crippen LogP contribution in [0.15, 0.2) is 18.2 Å². The Morgan fingerprint density at radius 3 is 2.75 bits per heavy atom. The van der Waals surface area contributed by atoms with E-state index in [9.17, 15) is 0 Å². The zero-order chi connectivity index (χ0) is 14.0. The summed E-state index contributed by atoms with van der Waals surface area (Å²) in [4.78, 5) is 0. The van der Waals surface area contributed by atoms with E-state index in [1.54, 1.807) is 0 Å². The fourth-order valence-corrected chi connectivity index (χ4v) is 3.98. The molecule has 3 aliphatic rings. The van der Waals surface area contributed by atoms with Crippen molar-refractivity contribution in [1.29, 1.82) is 0 Å². The highest BCUT2D eigenvalue weighted by molar-refractivity contribution is 5.42. The quantitative estimate of drug-likeness (QED) is 0.788. The summed E-state index contributed by atoms with van der Waals surface area (Å²) in [5, 5.41) is 3.40. The standard InChI is InChI=1S/C17H23NO2/c1-11-4-5-12-14(6-11)20-16(2,3)13-7-17(8-18-9-17)10-19-15(12)13/h4-6,13,15,18H,7-10H2,1-3H3/t13-,15+/m0/s1. The van der Waals surface area contributed by atoms with Gasteiger partial charge in [-0.1, -0.05) is 12.1 Å². The van der Waals surface area contributed by atoms with Crippen LogP contribution in [-0.4, -0.2) is 25.3 Å². The molecule has 3 heteroatoms. The Bertz CT molecular complexity index is 548. The number of hydrogen-bond acceptors (Lipinski definition) is 3. The molecule has 2 atom stereocenters. The molecule has 20 heavy (non-hydrogen) atoms. The summed E-state index contributed by atoms with van der Waals surface area (Å²) in [7, 11) is 0. The predicted molar refractivity (Wildman–Crippen MR) is 78.0 cm³/mol. The van der Waals surface area contributed by atoms with E-state index in [0.29, 0.717) is 11.3 Å². The second-order valence-electron chi connectivity index (χ2n) is 7.39. The van der Waals surface area contributed by atoms with Crippen LogP contribution in [0.25, 0.3) is 0 Å². The van der Waals surface area contributed by atoms with Gasteiger partial charge in [-0.2, -0.15) is 0 Å². The van der Waals surface area contributed by atoms with Crippen LogP contribution >= 0.6 is 0 Å². The first kappa shape index (κ1) is 12.7. The summed E-state index contributed by atoms with van der Waals surface area (Å²) in [6.07, 6.45) is 1.39. The van der Waals surface area contributed by atoms with E-state index in [-0.39, 0.29) is 11.7 Å². The molecule has 1 aromatic carbocycles. The van der Waals surface area contributed by atoms with Crippen molar-refractivity contribution < 1.29 is 9.47 Å². The van der Waals surface area contributed by atoms with Crippen LogP contribution in [-0.2, 0) is 4.74 Å². The highest BCUT2D eigenvalue weighted by Crippen LogP contribution is 2.53.